The largest absolute Gasteiger partial charge is 0.392 e. The minimum atomic E-state index is -0.132. The lowest BCUT2D eigenvalue weighted by molar-refractivity contribution is -0.0778. The lowest BCUT2D eigenvalue weighted by Gasteiger charge is -2.58. The summed E-state index contributed by atoms with van der Waals surface area (Å²) in [5.74, 6) is 2.18. The van der Waals surface area contributed by atoms with Crippen molar-refractivity contribution in [1.29, 1.82) is 0 Å². The highest BCUT2D eigenvalue weighted by Gasteiger charge is 2.58. The van der Waals surface area contributed by atoms with E-state index in [9.17, 15) is 5.11 Å². The van der Waals surface area contributed by atoms with Crippen LogP contribution in [-0.2, 0) is 6.42 Å². The van der Waals surface area contributed by atoms with Gasteiger partial charge in [-0.05, 0) is 80.1 Å². The molecule has 27 heavy (non-hydrogen) atoms. The van der Waals surface area contributed by atoms with Crippen molar-refractivity contribution in [3.05, 3.63) is 59.2 Å². The van der Waals surface area contributed by atoms with E-state index in [4.69, 9.17) is 0 Å². The Bertz CT molecular complexity index is 775. The molecule has 4 aliphatic rings. The first-order valence-corrected chi connectivity index (χ1v) is 11.1. The van der Waals surface area contributed by atoms with Gasteiger partial charge >= 0.3 is 0 Å². The monoisotopic (exact) mass is 362 g/mol. The predicted molar refractivity (Wildman–Crippen MR) is 111 cm³/mol. The van der Waals surface area contributed by atoms with Crippen LogP contribution in [0.5, 0.6) is 0 Å². The minimum Gasteiger partial charge on any atom is -0.392 e. The van der Waals surface area contributed by atoms with Gasteiger partial charge in [-0.3, -0.25) is 0 Å². The molecule has 6 atom stereocenters. The molecular formula is C26H34O. The van der Waals surface area contributed by atoms with Gasteiger partial charge in [-0.2, -0.15) is 0 Å². The van der Waals surface area contributed by atoms with E-state index in [1.807, 2.05) is 0 Å². The average Bonchev–Trinajstić information content (AvgIpc) is 3.00. The van der Waals surface area contributed by atoms with Gasteiger partial charge in [-0.15, -0.1) is 0 Å². The Hall–Kier alpha value is -1.34. The van der Waals surface area contributed by atoms with E-state index in [0.29, 0.717) is 11.3 Å². The smallest absolute Gasteiger partial charge is 0.0633 e. The Morgan fingerprint density at radius 1 is 1.00 bits per heavy atom. The summed E-state index contributed by atoms with van der Waals surface area (Å²) in [6, 6.07) is 11.0. The molecule has 1 aromatic carbocycles. The topological polar surface area (TPSA) is 20.2 Å². The van der Waals surface area contributed by atoms with Gasteiger partial charge in [0.2, 0.25) is 0 Å². The Labute approximate surface area is 164 Å². The number of allylic oxidation sites excluding steroid dienone is 3. The van der Waals surface area contributed by atoms with Gasteiger partial charge in [0.05, 0.1) is 6.10 Å². The van der Waals surface area contributed by atoms with Crippen molar-refractivity contribution < 1.29 is 5.11 Å². The second-order valence-corrected chi connectivity index (χ2v) is 10.1. The number of fused-ring (bicyclic) bond motifs is 5. The molecule has 0 bridgehead atoms. The van der Waals surface area contributed by atoms with Crippen molar-refractivity contribution in [1.82, 2.24) is 0 Å². The molecule has 0 spiro atoms. The van der Waals surface area contributed by atoms with Crippen molar-refractivity contribution in [3.63, 3.8) is 0 Å². The molecule has 144 valence electrons. The minimum absolute atomic E-state index is 0.0463. The van der Waals surface area contributed by atoms with Crippen LogP contribution < -0.4 is 0 Å². The van der Waals surface area contributed by atoms with Crippen LogP contribution >= 0.6 is 0 Å². The van der Waals surface area contributed by atoms with Crippen LogP contribution in [0, 0.1) is 28.6 Å². The second-order valence-electron chi connectivity index (χ2n) is 10.1. The molecule has 0 amide bonds. The third-order valence-corrected chi connectivity index (χ3v) is 9.13. The highest BCUT2D eigenvalue weighted by Crippen LogP contribution is 2.65. The molecule has 1 aromatic rings. The fourth-order valence-corrected chi connectivity index (χ4v) is 7.46. The van der Waals surface area contributed by atoms with Gasteiger partial charge < -0.3 is 5.11 Å². The Balaban J connectivity index is 1.43. The van der Waals surface area contributed by atoms with E-state index in [1.165, 1.54) is 44.1 Å². The fourth-order valence-electron chi connectivity index (χ4n) is 7.46. The number of hydrogen-bond acceptors (Lipinski definition) is 1. The fraction of sp³-hybridized carbons (Fsp3) is 0.615. The summed E-state index contributed by atoms with van der Waals surface area (Å²) in [6.45, 7) is 4.95. The van der Waals surface area contributed by atoms with Crippen LogP contribution in [0.25, 0.3) is 0 Å². The highest BCUT2D eigenvalue weighted by atomic mass is 16.3. The molecular weight excluding hydrogens is 328 g/mol. The van der Waals surface area contributed by atoms with Gasteiger partial charge in [0, 0.05) is 5.41 Å². The summed E-state index contributed by atoms with van der Waals surface area (Å²) in [7, 11) is 0. The van der Waals surface area contributed by atoms with Gasteiger partial charge in [-0.25, -0.2) is 0 Å². The molecule has 0 radical (unpaired) electrons. The van der Waals surface area contributed by atoms with Crippen molar-refractivity contribution in [2.45, 2.75) is 71.3 Å². The third kappa shape index (κ3) is 2.54. The summed E-state index contributed by atoms with van der Waals surface area (Å²) < 4.78 is 0. The molecule has 0 heterocycles. The molecule has 1 nitrogen and oxygen atoms in total. The number of rotatable bonds is 2. The van der Waals surface area contributed by atoms with Crippen molar-refractivity contribution >= 4 is 0 Å². The van der Waals surface area contributed by atoms with Gasteiger partial charge in [-0.1, -0.05) is 67.5 Å². The van der Waals surface area contributed by atoms with Gasteiger partial charge in [0.1, 0.15) is 0 Å². The Kier molecular flexibility index (Phi) is 4.17. The summed E-state index contributed by atoms with van der Waals surface area (Å²) in [5.41, 5.74) is 5.12. The first-order chi connectivity index (χ1) is 13.0. The first-order valence-electron chi connectivity index (χ1n) is 11.1. The quantitative estimate of drug-likeness (QED) is 0.631. The lowest BCUT2D eigenvalue weighted by atomic mass is 9.47. The Morgan fingerprint density at radius 2 is 1.81 bits per heavy atom. The summed E-state index contributed by atoms with van der Waals surface area (Å²) in [4.78, 5) is 0. The van der Waals surface area contributed by atoms with Crippen molar-refractivity contribution in [2.24, 2.45) is 28.6 Å². The molecule has 2 fully saturated rings. The lowest BCUT2D eigenvalue weighted by Crippen LogP contribution is -2.53. The summed E-state index contributed by atoms with van der Waals surface area (Å²) in [5, 5.41) is 11.0. The molecule has 0 saturated heterocycles. The zero-order valence-electron chi connectivity index (χ0n) is 17.0. The Morgan fingerprint density at radius 3 is 2.63 bits per heavy atom. The maximum absolute atomic E-state index is 11.0. The van der Waals surface area contributed by atoms with Gasteiger partial charge in [0.25, 0.3) is 0 Å². The summed E-state index contributed by atoms with van der Waals surface area (Å²) >= 11 is 0. The highest BCUT2D eigenvalue weighted by molar-refractivity contribution is 5.33. The van der Waals surface area contributed by atoms with Crippen LogP contribution in [0.3, 0.4) is 0 Å². The van der Waals surface area contributed by atoms with Crippen molar-refractivity contribution in [2.75, 3.05) is 0 Å². The molecule has 4 aliphatic carbocycles. The maximum atomic E-state index is 11.0. The molecule has 0 aromatic heterocycles. The van der Waals surface area contributed by atoms with Gasteiger partial charge in [0.15, 0.2) is 0 Å². The van der Waals surface area contributed by atoms with Crippen LogP contribution in [0.1, 0.15) is 64.4 Å². The van der Waals surface area contributed by atoms with E-state index in [0.717, 1.165) is 24.7 Å². The maximum Gasteiger partial charge on any atom is 0.0633 e. The average molecular weight is 363 g/mol. The molecule has 1 N–H and O–H groups in total. The van der Waals surface area contributed by atoms with E-state index < -0.39 is 0 Å². The van der Waals surface area contributed by atoms with Crippen LogP contribution in [-0.4, -0.2) is 11.2 Å². The van der Waals surface area contributed by atoms with E-state index >= 15 is 0 Å². The normalized spacial score (nSPS) is 43.2. The molecule has 1 heteroatoms. The van der Waals surface area contributed by atoms with E-state index in [-0.39, 0.29) is 11.5 Å². The SMILES string of the molecule is C[C@]12CC[C@H]3[C@@H](CC=C4CCCC(O)[C@@]43C)[C@@H]1CC=C2Cc1ccccc1. The van der Waals surface area contributed by atoms with E-state index in [1.54, 1.807) is 11.1 Å². The van der Waals surface area contributed by atoms with Crippen LogP contribution in [0.2, 0.25) is 0 Å². The number of benzene rings is 1. The van der Waals surface area contributed by atoms with Crippen LogP contribution in [0.15, 0.2) is 53.6 Å². The number of aliphatic hydroxyl groups excluding tert-OH is 1. The zero-order chi connectivity index (χ0) is 18.6. The van der Waals surface area contributed by atoms with Crippen molar-refractivity contribution in [3.8, 4) is 0 Å². The second kappa shape index (κ2) is 6.34. The molecule has 1 unspecified atom stereocenters. The number of aliphatic hydroxyl groups is 1. The zero-order valence-corrected chi connectivity index (χ0v) is 17.0. The standard InChI is InChI=1S/C26H34O/c1-25-16-15-23-21(13-11-19-9-6-10-24(27)26(19,23)2)22(25)14-12-20(25)17-18-7-4-3-5-8-18/h3-5,7-8,11-12,21-24,27H,6,9-10,13-17H2,1-2H3/t21-,22-,23-,24?,25+,26-/m0/s1. The van der Waals surface area contributed by atoms with Crippen LogP contribution in [0.4, 0.5) is 0 Å². The summed E-state index contributed by atoms with van der Waals surface area (Å²) in [6.07, 6.45) is 14.6. The number of hydrogen-bond donors (Lipinski definition) is 1. The third-order valence-electron chi connectivity index (χ3n) is 9.13. The molecule has 2 saturated carbocycles. The first kappa shape index (κ1) is 17.7. The molecule has 5 rings (SSSR count). The van der Waals surface area contributed by atoms with E-state index in [2.05, 4.69) is 56.3 Å². The molecule has 0 aliphatic heterocycles. The predicted octanol–water partition coefficient (Wildman–Crippen LogP) is 6.09.